The molecule has 2 atom stereocenters. The minimum Gasteiger partial charge on any atom is -0.298 e. The molecule has 0 N–H and O–H groups in total. The molecule has 0 amide bonds. The molecule has 2 fully saturated rings. The lowest BCUT2D eigenvalue weighted by molar-refractivity contribution is 0.256. The maximum Gasteiger partial charge on any atom is 0.332 e. The van der Waals surface area contributed by atoms with Crippen LogP contribution in [-0.2, 0) is 19.6 Å². The van der Waals surface area contributed by atoms with Crippen molar-refractivity contribution in [2.45, 2.75) is 44.8 Å². The minimum atomic E-state index is -0.478. The highest BCUT2D eigenvalue weighted by molar-refractivity contribution is 5.18. The van der Waals surface area contributed by atoms with Crippen molar-refractivity contribution in [1.29, 1.82) is 0 Å². The molecule has 7 heteroatoms. The van der Waals surface area contributed by atoms with Crippen molar-refractivity contribution in [1.82, 2.24) is 19.2 Å². The summed E-state index contributed by atoms with van der Waals surface area (Å²) in [7, 11) is 0. The highest BCUT2D eigenvalue weighted by Gasteiger charge is 2.42. The van der Waals surface area contributed by atoms with E-state index in [4.69, 9.17) is 0 Å². The molecular weight excluding hydrogens is 347 g/mol. The maximum absolute atomic E-state index is 13.1. The van der Waals surface area contributed by atoms with Gasteiger partial charge in [0.1, 0.15) is 11.6 Å². The average molecular weight is 370 g/mol. The molecule has 1 aliphatic carbocycles. The fourth-order valence-electron chi connectivity index (χ4n) is 4.70. The van der Waals surface area contributed by atoms with Crippen LogP contribution in [0.15, 0.2) is 33.9 Å². The molecule has 3 aliphatic rings. The molecule has 0 unspecified atom stereocenters. The zero-order chi connectivity index (χ0) is 18.5. The highest BCUT2D eigenvalue weighted by Crippen LogP contribution is 2.37. The van der Waals surface area contributed by atoms with Crippen molar-refractivity contribution in [3.63, 3.8) is 0 Å². The van der Waals surface area contributed by atoms with E-state index in [1.807, 2.05) is 12.1 Å². The summed E-state index contributed by atoms with van der Waals surface area (Å²) in [5.74, 6) is 1.52. The van der Waals surface area contributed by atoms with Crippen molar-refractivity contribution in [3.8, 4) is 0 Å². The van der Waals surface area contributed by atoms with Crippen molar-refractivity contribution in [2.24, 2.45) is 11.8 Å². The number of likely N-dealkylation sites (tertiary alicyclic amines) is 1. The summed E-state index contributed by atoms with van der Waals surface area (Å²) in [4.78, 5) is 27.3. The van der Waals surface area contributed by atoms with E-state index in [1.165, 1.54) is 23.2 Å². The van der Waals surface area contributed by atoms with Gasteiger partial charge in [0.15, 0.2) is 0 Å². The fraction of sp³-hybridized carbons (Fsp3) is 0.550. The number of hydrogen-bond donors (Lipinski definition) is 0. The van der Waals surface area contributed by atoms with E-state index in [0.717, 1.165) is 43.9 Å². The SMILES string of the molecule is O=c1c(=O)n2c(nn1CC1CCC1)[C@H]1CN(Cc3ccc(F)cc3)C[C@@H]1C2. The number of benzene rings is 1. The molecule has 0 radical (unpaired) electrons. The number of nitrogens with zero attached hydrogens (tertiary/aromatic N) is 4. The molecule has 1 aromatic heterocycles. The summed E-state index contributed by atoms with van der Waals surface area (Å²) >= 11 is 0. The van der Waals surface area contributed by atoms with Crippen molar-refractivity contribution in [3.05, 3.63) is 62.2 Å². The van der Waals surface area contributed by atoms with E-state index in [0.29, 0.717) is 24.9 Å². The second-order valence-corrected chi connectivity index (χ2v) is 8.25. The van der Waals surface area contributed by atoms with Crippen LogP contribution in [0.3, 0.4) is 0 Å². The first kappa shape index (κ1) is 16.9. The van der Waals surface area contributed by atoms with E-state index < -0.39 is 11.1 Å². The quantitative estimate of drug-likeness (QED) is 0.767. The zero-order valence-electron chi connectivity index (χ0n) is 15.2. The minimum absolute atomic E-state index is 0.186. The summed E-state index contributed by atoms with van der Waals surface area (Å²) in [6.07, 6.45) is 3.43. The lowest BCUT2D eigenvalue weighted by Gasteiger charge is -2.25. The van der Waals surface area contributed by atoms with Crippen LogP contribution < -0.4 is 11.1 Å². The molecule has 0 spiro atoms. The molecule has 1 saturated carbocycles. The molecule has 1 saturated heterocycles. The Morgan fingerprint density at radius 3 is 2.52 bits per heavy atom. The number of fused-ring (bicyclic) bond motifs is 3. The van der Waals surface area contributed by atoms with Crippen LogP contribution in [0.4, 0.5) is 4.39 Å². The summed E-state index contributed by atoms with van der Waals surface area (Å²) in [6, 6.07) is 6.61. The van der Waals surface area contributed by atoms with Gasteiger partial charge in [-0.1, -0.05) is 18.6 Å². The predicted octanol–water partition coefficient (Wildman–Crippen LogP) is 1.57. The first-order chi connectivity index (χ1) is 13.1. The van der Waals surface area contributed by atoms with Crippen LogP contribution in [0.25, 0.3) is 0 Å². The first-order valence-corrected chi connectivity index (χ1v) is 9.77. The van der Waals surface area contributed by atoms with Gasteiger partial charge in [0.2, 0.25) is 0 Å². The van der Waals surface area contributed by atoms with Gasteiger partial charge in [-0.2, -0.15) is 5.10 Å². The van der Waals surface area contributed by atoms with E-state index in [2.05, 4.69) is 10.00 Å². The second kappa shape index (κ2) is 6.41. The van der Waals surface area contributed by atoms with Crippen molar-refractivity contribution < 1.29 is 4.39 Å². The lowest BCUT2D eigenvalue weighted by atomic mass is 9.85. The molecule has 142 valence electrons. The molecule has 5 rings (SSSR count). The third-order valence-electron chi connectivity index (χ3n) is 6.40. The van der Waals surface area contributed by atoms with E-state index in [9.17, 15) is 14.0 Å². The van der Waals surface area contributed by atoms with E-state index >= 15 is 0 Å². The molecular formula is C20H23FN4O2. The van der Waals surface area contributed by atoms with Crippen LogP contribution >= 0.6 is 0 Å². The van der Waals surface area contributed by atoms with Gasteiger partial charge < -0.3 is 0 Å². The summed E-state index contributed by atoms with van der Waals surface area (Å²) < 4.78 is 16.1. The third kappa shape index (κ3) is 2.94. The Kier molecular flexibility index (Phi) is 4.00. The number of hydrogen-bond acceptors (Lipinski definition) is 4. The smallest absolute Gasteiger partial charge is 0.298 e. The van der Waals surface area contributed by atoms with Gasteiger partial charge in [0.25, 0.3) is 0 Å². The molecule has 3 heterocycles. The highest BCUT2D eigenvalue weighted by atomic mass is 19.1. The molecule has 2 aromatic rings. The van der Waals surface area contributed by atoms with Crippen LogP contribution in [0.1, 0.15) is 36.6 Å². The topological polar surface area (TPSA) is 60.1 Å². The Morgan fingerprint density at radius 1 is 1.04 bits per heavy atom. The molecule has 2 aliphatic heterocycles. The van der Waals surface area contributed by atoms with Gasteiger partial charge in [0, 0.05) is 44.6 Å². The Bertz CT molecular complexity index is 977. The largest absolute Gasteiger partial charge is 0.332 e. The Balaban J connectivity index is 1.37. The second-order valence-electron chi connectivity index (χ2n) is 8.25. The Labute approximate surface area is 156 Å². The van der Waals surface area contributed by atoms with Gasteiger partial charge in [0.05, 0.1) is 0 Å². The lowest BCUT2D eigenvalue weighted by Crippen LogP contribution is -2.45. The van der Waals surface area contributed by atoms with Gasteiger partial charge in [-0.3, -0.25) is 19.1 Å². The van der Waals surface area contributed by atoms with Gasteiger partial charge >= 0.3 is 11.1 Å². The Morgan fingerprint density at radius 2 is 1.81 bits per heavy atom. The molecule has 27 heavy (non-hydrogen) atoms. The van der Waals surface area contributed by atoms with Crippen LogP contribution in [0, 0.1) is 17.7 Å². The molecule has 1 aromatic carbocycles. The number of halogens is 1. The first-order valence-electron chi connectivity index (χ1n) is 9.77. The van der Waals surface area contributed by atoms with Gasteiger partial charge in [-0.15, -0.1) is 0 Å². The zero-order valence-corrected chi connectivity index (χ0v) is 15.2. The summed E-state index contributed by atoms with van der Waals surface area (Å²) in [6.45, 7) is 3.58. The molecule has 6 nitrogen and oxygen atoms in total. The summed E-state index contributed by atoms with van der Waals surface area (Å²) in [5.41, 5.74) is 0.185. The monoisotopic (exact) mass is 370 g/mol. The van der Waals surface area contributed by atoms with Crippen molar-refractivity contribution >= 4 is 0 Å². The third-order valence-corrected chi connectivity index (χ3v) is 6.40. The van der Waals surface area contributed by atoms with Gasteiger partial charge in [-0.25, -0.2) is 9.07 Å². The fourth-order valence-corrected chi connectivity index (χ4v) is 4.70. The number of rotatable bonds is 4. The van der Waals surface area contributed by atoms with Crippen LogP contribution in [0.5, 0.6) is 0 Å². The van der Waals surface area contributed by atoms with Crippen LogP contribution in [0.2, 0.25) is 0 Å². The van der Waals surface area contributed by atoms with Crippen LogP contribution in [-0.4, -0.2) is 32.3 Å². The Hall–Kier alpha value is -2.28. The van der Waals surface area contributed by atoms with E-state index in [-0.39, 0.29) is 11.7 Å². The normalized spacial score (nSPS) is 24.6. The van der Waals surface area contributed by atoms with Crippen molar-refractivity contribution in [2.75, 3.05) is 13.1 Å². The van der Waals surface area contributed by atoms with Gasteiger partial charge in [-0.05, 0) is 36.5 Å². The molecule has 0 bridgehead atoms. The standard InChI is InChI=1S/C20H23FN4O2/c21-16-6-4-14(5-7-16)8-23-10-15-11-24-18(17(15)12-23)22-25(20(27)19(24)26)9-13-2-1-3-13/h4-7,13,15,17H,1-3,8-12H2/t15-,17+/m1/s1. The average Bonchev–Trinajstić information content (AvgIpc) is 3.15. The summed E-state index contributed by atoms with van der Waals surface area (Å²) in [5, 5.41) is 4.62. The maximum atomic E-state index is 13.1. The number of aromatic nitrogens is 3. The predicted molar refractivity (Wildman–Crippen MR) is 98.0 cm³/mol. The van der Waals surface area contributed by atoms with E-state index in [1.54, 1.807) is 4.57 Å².